The Kier molecular flexibility index (Phi) is 5.52. The van der Waals surface area contributed by atoms with Crippen molar-refractivity contribution in [1.82, 2.24) is 4.90 Å². The standard InChI is InChI=1S/C12H13BrF2N2/c1-2-17(7-3-6-16)8-9-11(14)5-4-10(13)12(9)15/h4-5H,2-3,7-8H2,1H3. The molecule has 2 nitrogen and oxygen atoms in total. The largest absolute Gasteiger partial charge is 0.298 e. The van der Waals surface area contributed by atoms with Gasteiger partial charge in [-0.25, -0.2) is 8.78 Å². The second-order valence-corrected chi connectivity index (χ2v) is 4.45. The molecule has 0 amide bonds. The third-order valence-electron chi connectivity index (χ3n) is 2.51. The second kappa shape index (κ2) is 6.67. The van der Waals surface area contributed by atoms with Gasteiger partial charge < -0.3 is 0 Å². The predicted octanol–water partition coefficient (Wildman–Crippen LogP) is 3.46. The smallest absolute Gasteiger partial charge is 0.144 e. The Balaban J connectivity index is 2.86. The topological polar surface area (TPSA) is 27.0 Å². The van der Waals surface area contributed by atoms with E-state index in [4.69, 9.17) is 5.26 Å². The van der Waals surface area contributed by atoms with E-state index < -0.39 is 11.6 Å². The Morgan fingerprint density at radius 2 is 2.12 bits per heavy atom. The number of benzene rings is 1. The summed E-state index contributed by atoms with van der Waals surface area (Å²) in [6.07, 6.45) is 0.352. The van der Waals surface area contributed by atoms with Gasteiger partial charge in [0.1, 0.15) is 11.6 Å². The van der Waals surface area contributed by atoms with Crippen molar-refractivity contribution in [3.05, 3.63) is 33.8 Å². The molecule has 0 aromatic heterocycles. The number of nitriles is 1. The van der Waals surface area contributed by atoms with Crippen LogP contribution in [-0.2, 0) is 6.54 Å². The molecule has 0 bridgehead atoms. The molecule has 0 aliphatic heterocycles. The number of hydrogen-bond donors (Lipinski definition) is 0. The van der Waals surface area contributed by atoms with Gasteiger partial charge in [0.2, 0.25) is 0 Å². The lowest BCUT2D eigenvalue weighted by Crippen LogP contribution is -2.25. The highest BCUT2D eigenvalue weighted by molar-refractivity contribution is 9.10. The number of halogens is 3. The average Bonchev–Trinajstić information content (AvgIpc) is 2.33. The molecule has 0 radical (unpaired) electrons. The molecule has 17 heavy (non-hydrogen) atoms. The summed E-state index contributed by atoms with van der Waals surface area (Å²) in [5.41, 5.74) is 0.0409. The van der Waals surface area contributed by atoms with E-state index >= 15 is 0 Å². The molecule has 0 N–H and O–H groups in total. The molecule has 0 saturated carbocycles. The van der Waals surface area contributed by atoms with Crippen molar-refractivity contribution in [2.24, 2.45) is 0 Å². The zero-order chi connectivity index (χ0) is 12.8. The Hall–Kier alpha value is -0.990. The number of hydrogen-bond acceptors (Lipinski definition) is 2. The highest BCUT2D eigenvalue weighted by atomic mass is 79.9. The fourth-order valence-corrected chi connectivity index (χ4v) is 1.87. The van der Waals surface area contributed by atoms with Gasteiger partial charge in [-0.05, 0) is 34.6 Å². The minimum Gasteiger partial charge on any atom is -0.298 e. The highest BCUT2D eigenvalue weighted by Gasteiger charge is 2.15. The Bertz CT molecular complexity index is 429. The summed E-state index contributed by atoms with van der Waals surface area (Å²) in [6, 6.07) is 4.60. The maximum absolute atomic E-state index is 13.7. The maximum atomic E-state index is 13.7. The van der Waals surface area contributed by atoms with E-state index in [1.165, 1.54) is 12.1 Å². The zero-order valence-corrected chi connectivity index (χ0v) is 11.1. The Labute approximate surface area is 108 Å². The van der Waals surface area contributed by atoms with Crippen LogP contribution in [0.2, 0.25) is 0 Å². The van der Waals surface area contributed by atoms with E-state index in [2.05, 4.69) is 15.9 Å². The van der Waals surface area contributed by atoms with Crippen LogP contribution in [0.15, 0.2) is 16.6 Å². The predicted molar refractivity (Wildman–Crippen MR) is 65.2 cm³/mol. The maximum Gasteiger partial charge on any atom is 0.144 e. The van der Waals surface area contributed by atoms with Crippen LogP contribution in [0.25, 0.3) is 0 Å². The molecule has 0 unspecified atom stereocenters. The molecule has 1 aromatic carbocycles. The monoisotopic (exact) mass is 302 g/mol. The molecule has 1 rings (SSSR count). The van der Waals surface area contributed by atoms with E-state index in [0.717, 1.165) is 0 Å². The van der Waals surface area contributed by atoms with Gasteiger partial charge >= 0.3 is 0 Å². The quantitative estimate of drug-likeness (QED) is 0.779. The molecular formula is C12H13BrF2N2. The molecule has 0 heterocycles. The fourth-order valence-electron chi connectivity index (χ4n) is 1.49. The van der Waals surface area contributed by atoms with Crippen molar-refractivity contribution in [2.75, 3.05) is 13.1 Å². The molecule has 0 fully saturated rings. The summed E-state index contributed by atoms with van der Waals surface area (Å²) < 4.78 is 27.5. The van der Waals surface area contributed by atoms with Crippen molar-refractivity contribution >= 4 is 15.9 Å². The van der Waals surface area contributed by atoms with E-state index in [1.807, 2.05) is 17.9 Å². The SMILES string of the molecule is CCN(CCC#N)Cc1c(F)ccc(Br)c1F. The van der Waals surface area contributed by atoms with Gasteiger partial charge in [-0.3, -0.25) is 4.90 Å². The molecular weight excluding hydrogens is 290 g/mol. The first-order chi connectivity index (χ1) is 8.10. The summed E-state index contributed by atoms with van der Waals surface area (Å²) >= 11 is 3.03. The van der Waals surface area contributed by atoms with Crippen LogP contribution in [0.5, 0.6) is 0 Å². The number of nitrogens with zero attached hydrogens (tertiary/aromatic N) is 2. The summed E-state index contributed by atoms with van der Waals surface area (Å²) in [5.74, 6) is -1.12. The van der Waals surface area contributed by atoms with E-state index in [-0.39, 0.29) is 16.6 Å². The lowest BCUT2D eigenvalue weighted by molar-refractivity contribution is 0.277. The van der Waals surface area contributed by atoms with Gasteiger partial charge in [-0.2, -0.15) is 5.26 Å². The average molecular weight is 303 g/mol. The van der Waals surface area contributed by atoms with E-state index in [9.17, 15) is 8.78 Å². The van der Waals surface area contributed by atoms with Gasteiger partial charge in [0.25, 0.3) is 0 Å². The third kappa shape index (κ3) is 3.76. The highest BCUT2D eigenvalue weighted by Crippen LogP contribution is 2.22. The van der Waals surface area contributed by atoms with Crippen molar-refractivity contribution in [3.63, 3.8) is 0 Å². The van der Waals surface area contributed by atoms with Crippen LogP contribution in [0.3, 0.4) is 0 Å². The van der Waals surface area contributed by atoms with Gasteiger partial charge in [0, 0.05) is 25.1 Å². The first-order valence-electron chi connectivity index (χ1n) is 5.31. The molecule has 0 aliphatic rings. The van der Waals surface area contributed by atoms with Gasteiger partial charge in [-0.1, -0.05) is 6.92 Å². The van der Waals surface area contributed by atoms with E-state index in [1.54, 1.807) is 0 Å². The third-order valence-corrected chi connectivity index (χ3v) is 3.12. The van der Waals surface area contributed by atoms with Crippen LogP contribution in [0.1, 0.15) is 18.9 Å². The van der Waals surface area contributed by atoms with Crippen molar-refractivity contribution < 1.29 is 8.78 Å². The Morgan fingerprint density at radius 3 is 2.71 bits per heavy atom. The first-order valence-corrected chi connectivity index (χ1v) is 6.11. The number of rotatable bonds is 5. The van der Waals surface area contributed by atoms with Gasteiger partial charge in [-0.15, -0.1) is 0 Å². The summed E-state index contributed by atoms with van der Waals surface area (Å²) in [6.45, 7) is 3.23. The Morgan fingerprint density at radius 1 is 1.41 bits per heavy atom. The second-order valence-electron chi connectivity index (χ2n) is 3.60. The summed E-state index contributed by atoms with van der Waals surface area (Å²) in [5, 5.41) is 8.50. The van der Waals surface area contributed by atoms with Crippen molar-refractivity contribution in [3.8, 4) is 6.07 Å². The normalized spacial score (nSPS) is 10.6. The van der Waals surface area contributed by atoms with Crippen molar-refractivity contribution in [1.29, 1.82) is 5.26 Å². The lowest BCUT2D eigenvalue weighted by Gasteiger charge is -2.19. The van der Waals surface area contributed by atoms with Crippen LogP contribution in [0.4, 0.5) is 8.78 Å². The molecule has 0 spiro atoms. The van der Waals surface area contributed by atoms with Crippen molar-refractivity contribution in [2.45, 2.75) is 19.9 Å². The molecule has 0 saturated heterocycles. The van der Waals surface area contributed by atoms with Crippen LogP contribution in [0, 0.1) is 23.0 Å². The summed E-state index contributed by atoms with van der Waals surface area (Å²) in [7, 11) is 0. The molecule has 0 aliphatic carbocycles. The molecule has 92 valence electrons. The molecule has 5 heteroatoms. The molecule has 0 atom stereocenters. The van der Waals surface area contributed by atoms with Gasteiger partial charge in [0.05, 0.1) is 10.5 Å². The van der Waals surface area contributed by atoms with Crippen LogP contribution < -0.4 is 0 Å². The molecule has 1 aromatic rings. The van der Waals surface area contributed by atoms with Gasteiger partial charge in [0.15, 0.2) is 0 Å². The lowest BCUT2D eigenvalue weighted by atomic mass is 10.2. The summed E-state index contributed by atoms with van der Waals surface area (Å²) in [4.78, 5) is 1.83. The van der Waals surface area contributed by atoms with E-state index in [0.29, 0.717) is 19.5 Å². The first kappa shape index (κ1) is 14.1. The zero-order valence-electron chi connectivity index (χ0n) is 9.51. The van der Waals surface area contributed by atoms with Crippen LogP contribution >= 0.6 is 15.9 Å². The minimum absolute atomic E-state index is 0.0409. The fraction of sp³-hybridized carbons (Fsp3) is 0.417. The van der Waals surface area contributed by atoms with Crippen LogP contribution in [-0.4, -0.2) is 18.0 Å². The minimum atomic E-state index is -0.569.